The van der Waals surface area contributed by atoms with Gasteiger partial charge in [0.25, 0.3) is 0 Å². The van der Waals surface area contributed by atoms with Crippen LogP contribution < -0.4 is 41.9 Å². The Hall–Kier alpha value is -12.3. The molecule has 670 valence electrons. The molecular weight excluding hydrogens is 1680 g/mol. The first-order valence-electron chi connectivity index (χ1n) is 46.2. The molecule has 12 aromatic rings. The minimum absolute atomic E-state index is 0. The summed E-state index contributed by atoms with van der Waals surface area (Å²) in [5.74, 6) is 3.32. The van der Waals surface area contributed by atoms with Gasteiger partial charge in [0, 0.05) is 78.5 Å². The SMILES string of the molecule is Br.NC(=O)C(c1ccccc1)(c1ccccc1)[C@@H]1CCN(CC(=O)c2ccc3c(c2)CCO3)C1.NC(=O)C(c1ccccc1)(c1ccccc1)[C@@H]1CCN(CCc2ccc3c(c2)CCO3)C1.NC(=O)C(c1ccccc1)(c1ccccc1)[C@@H]1CCN(CCc2ccc3c(c2)CCO3)C1.NC(=O)C(c1ccccc1)(c1ccccc1)[C@@H]1CCN(CCc2ccc3c(c2)CCO3)C1.[HH]. The molecule has 0 unspecified atom stereocenters. The van der Waals surface area contributed by atoms with Gasteiger partial charge in [0.15, 0.2) is 5.78 Å². The number of rotatable bonds is 28. The minimum Gasteiger partial charge on any atom is -0.493 e. The minimum atomic E-state index is -0.939. The second-order valence-electron chi connectivity index (χ2n) is 35.9. The molecule has 0 bridgehead atoms. The largest absolute Gasteiger partial charge is 0.493 e. The topological polar surface area (TPSA) is 239 Å². The Labute approximate surface area is 776 Å². The molecule has 8 N–H and O–H groups in total. The summed E-state index contributed by atoms with van der Waals surface area (Å²) in [6.07, 6.45) is 10.5. The molecule has 4 atom stereocenters. The average Bonchev–Trinajstić information content (AvgIpc) is 1.75. The van der Waals surface area contributed by atoms with E-state index in [1.807, 2.05) is 261 Å². The van der Waals surface area contributed by atoms with Crippen molar-refractivity contribution in [1.29, 1.82) is 0 Å². The van der Waals surface area contributed by atoms with Crippen LogP contribution in [0.25, 0.3) is 0 Å². The van der Waals surface area contributed by atoms with Crippen LogP contribution in [0.5, 0.6) is 23.0 Å². The first-order chi connectivity index (χ1) is 63.1. The lowest BCUT2D eigenvalue weighted by Gasteiger charge is -2.37. The van der Waals surface area contributed by atoms with Crippen molar-refractivity contribution >= 4 is 46.4 Å². The third kappa shape index (κ3) is 19.0. The summed E-state index contributed by atoms with van der Waals surface area (Å²) >= 11 is 0. The summed E-state index contributed by atoms with van der Waals surface area (Å²) < 4.78 is 22.5. The lowest BCUT2D eigenvalue weighted by Crippen LogP contribution is -2.49. The van der Waals surface area contributed by atoms with Crippen LogP contribution in [0.3, 0.4) is 0 Å². The Balaban J connectivity index is 0.000000133. The Kier molecular flexibility index (Phi) is 29.2. The van der Waals surface area contributed by atoms with Crippen molar-refractivity contribution in [2.45, 2.75) is 92.3 Å². The monoisotopic (exact) mass is 1800 g/mol. The van der Waals surface area contributed by atoms with Gasteiger partial charge >= 0.3 is 0 Å². The van der Waals surface area contributed by atoms with Crippen LogP contribution in [-0.4, -0.2) is 154 Å². The molecule has 17 nitrogen and oxygen atoms in total. The number of nitrogens with two attached hydrogens (primary N) is 4. The molecule has 0 aromatic heterocycles. The Morgan fingerprint density at radius 2 is 0.500 bits per heavy atom. The number of carbonyl (C=O) groups is 5. The first-order valence-corrected chi connectivity index (χ1v) is 46.2. The third-order valence-corrected chi connectivity index (χ3v) is 28.7. The number of benzene rings is 12. The zero-order chi connectivity index (χ0) is 88.7. The number of primary amides is 4. The summed E-state index contributed by atoms with van der Waals surface area (Å²) in [6.45, 7) is 13.2. The lowest BCUT2D eigenvalue weighted by molar-refractivity contribution is -0.124. The summed E-state index contributed by atoms with van der Waals surface area (Å²) in [5, 5.41) is 0. The summed E-state index contributed by atoms with van der Waals surface area (Å²) in [6, 6.07) is 106. The summed E-state index contributed by atoms with van der Waals surface area (Å²) in [5.41, 5.74) is 39.0. The number of fused-ring (bicyclic) bond motifs is 4. The van der Waals surface area contributed by atoms with Crippen LogP contribution in [0.2, 0.25) is 0 Å². The van der Waals surface area contributed by atoms with Crippen molar-refractivity contribution in [3.05, 3.63) is 404 Å². The predicted octanol–water partition coefficient (Wildman–Crippen LogP) is 16.3. The maximum Gasteiger partial charge on any atom is 0.232 e. The number of Topliss-reactive ketones (excluding diaryl/α,β-unsaturated/α-hetero) is 1. The third-order valence-electron chi connectivity index (χ3n) is 28.7. The van der Waals surface area contributed by atoms with Crippen molar-refractivity contribution in [1.82, 2.24) is 19.6 Å². The number of amides is 4. The number of ether oxygens (including phenoxy) is 4. The number of ketones is 1. The number of hydrogen-bond acceptors (Lipinski definition) is 13. The first kappa shape index (κ1) is 91.0. The van der Waals surface area contributed by atoms with Gasteiger partial charge < -0.3 is 56.6 Å². The molecule has 20 rings (SSSR count). The average molecular weight is 1800 g/mol. The fraction of sp³-hybridized carbons (Fsp3) is 0.312. The molecule has 4 saturated heterocycles. The van der Waals surface area contributed by atoms with Crippen molar-refractivity contribution in [3.8, 4) is 23.0 Å². The zero-order valence-electron chi connectivity index (χ0n) is 74.1. The highest BCUT2D eigenvalue weighted by Gasteiger charge is 2.54. The van der Waals surface area contributed by atoms with E-state index in [1.54, 1.807) is 0 Å². The fourth-order valence-electron chi connectivity index (χ4n) is 22.3. The number of halogens is 1. The molecule has 4 amide bonds. The van der Waals surface area contributed by atoms with Crippen molar-refractivity contribution < 1.29 is 44.3 Å². The van der Waals surface area contributed by atoms with Gasteiger partial charge in [-0.1, -0.05) is 279 Å². The van der Waals surface area contributed by atoms with Gasteiger partial charge in [-0.05, 0) is 215 Å². The number of nitrogens with zero attached hydrogens (tertiary/aromatic N) is 4. The number of likely N-dealkylation sites (tertiary alicyclic amines) is 4. The molecular formula is C112H121BrN8O9. The van der Waals surface area contributed by atoms with E-state index in [2.05, 4.69) is 74.2 Å². The fourth-order valence-corrected chi connectivity index (χ4v) is 22.3. The van der Waals surface area contributed by atoms with Gasteiger partial charge in [-0.3, -0.25) is 28.9 Å². The van der Waals surface area contributed by atoms with E-state index in [4.69, 9.17) is 41.9 Å². The van der Waals surface area contributed by atoms with Crippen LogP contribution in [0, 0.1) is 23.7 Å². The van der Waals surface area contributed by atoms with Gasteiger partial charge in [0.1, 0.15) is 44.7 Å². The highest BCUT2D eigenvalue weighted by atomic mass is 79.9. The number of carbonyl (C=O) groups excluding carboxylic acids is 5. The van der Waals surface area contributed by atoms with Crippen LogP contribution in [0.1, 0.15) is 121 Å². The van der Waals surface area contributed by atoms with E-state index in [-0.39, 0.29) is 71.5 Å². The Bertz CT molecular complexity index is 5270. The van der Waals surface area contributed by atoms with Crippen LogP contribution in [-0.2, 0) is 85.8 Å². The maximum absolute atomic E-state index is 13.2. The van der Waals surface area contributed by atoms with E-state index < -0.39 is 21.7 Å². The Morgan fingerprint density at radius 3 is 0.738 bits per heavy atom. The normalized spacial score (nSPS) is 18.1. The van der Waals surface area contributed by atoms with Gasteiger partial charge in [-0.25, -0.2) is 0 Å². The van der Waals surface area contributed by atoms with E-state index in [9.17, 15) is 24.0 Å². The maximum atomic E-state index is 13.2. The van der Waals surface area contributed by atoms with Crippen molar-refractivity contribution in [3.63, 3.8) is 0 Å². The summed E-state index contributed by atoms with van der Waals surface area (Å²) in [7, 11) is 0. The predicted molar refractivity (Wildman–Crippen MR) is 520 cm³/mol. The zero-order valence-corrected chi connectivity index (χ0v) is 75.8. The highest BCUT2D eigenvalue weighted by molar-refractivity contribution is 8.93. The van der Waals surface area contributed by atoms with E-state index in [0.29, 0.717) is 19.7 Å². The number of hydrogen-bond donors (Lipinski definition) is 4. The van der Waals surface area contributed by atoms with E-state index in [1.165, 1.54) is 33.4 Å². The molecule has 4 fully saturated rings. The van der Waals surface area contributed by atoms with Gasteiger partial charge in [-0.15, -0.1) is 17.0 Å². The standard InChI is InChI=1S/C28H28N2O3.3C28H30N2O2.BrH.H2/c29-27(32)28(22-7-3-1-4-8-22,23-9-5-2-6-10-23)24-13-15-30(18-24)19-25(31)20-11-12-26-21(17-20)14-16-33-26;3*29-27(31)28(23-7-3-1-4-8-23,24-9-5-2-6-10-24)25-14-17-30(20-25)16-13-21-11-12-26-22(19-21)15-18-32-26;;/h1-12,17,24H,13-16,18-19H2,(H2,29,32);3*1-12,19,25H,13-18,20H2,(H2,29,31);2*1H/t24-;3*25-;;/m1111../s1. The molecule has 18 heteroatoms. The molecule has 8 heterocycles. The molecule has 0 radical (unpaired) electrons. The smallest absolute Gasteiger partial charge is 0.232 e. The highest BCUT2D eigenvalue weighted by Crippen LogP contribution is 2.49. The van der Waals surface area contributed by atoms with Gasteiger partial charge in [0.05, 0.1) is 33.0 Å². The second-order valence-corrected chi connectivity index (χ2v) is 35.9. The molecule has 0 aliphatic carbocycles. The van der Waals surface area contributed by atoms with Crippen molar-refractivity contribution in [2.75, 3.05) is 105 Å². The quantitative estimate of drug-likeness (QED) is 0.0334. The molecule has 8 aliphatic rings. The molecule has 8 aliphatic heterocycles. The van der Waals surface area contributed by atoms with Gasteiger partial charge in [0.2, 0.25) is 23.6 Å². The van der Waals surface area contributed by atoms with E-state index >= 15 is 0 Å². The van der Waals surface area contributed by atoms with Gasteiger partial charge in [-0.2, -0.15) is 0 Å². The van der Waals surface area contributed by atoms with Crippen molar-refractivity contribution in [2.24, 2.45) is 46.6 Å². The summed E-state index contributed by atoms with van der Waals surface area (Å²) in [4.78, 5) is 75.4. The molecule has 0 saturated carbocycles. The lowest BCUT2D eigenvalue weighted by atomic mass is 9.64. The molecule has 12 aromatic carbocycles. The van der Waals surface area contributed by atoms with Crippen LogP contribution in [0.4, 0.5) is 0 Å². The second kappa shape index (κ2) is 41.6. The molecule has 130 heavy (non-hydrogen) atoms. The van der Waals surface area contributed by atoms with E-state index in [0.717, 1.165) is 235 Å². The van der Waals surface area contributed by atoms with Crippen LogP contribution in [0.15, 0.2) is 315 Å². The molecule has 0 spiro atoms. The van der Waals surface area contributed by atoms with Crippen LogP contribution >= 0.6 is 17.0 Å². The Morgan fingerprint density at radius 1 is 0.285 bits per heavy atom.